The molecule has 4 heterocycles. The van der Waals surface area contributed by atoms with Crippen molar-refractivity contribution in [2.75, 3.05) is 18.4 Å². The van der Waals surface area contributed by atoms with Gasteiger partial charge < -0.3 is 9.73 Å². The van der Waals surface area contributed by atoms with E-state index in [-0.39, 0.29) is 0 Å². The van der Waals surface area contributed by atoms with Crippen molar-refractivity contribution in [2.24, 2.45) is 0 Å². The van der Waals surface area contributed by atoms with Crippen LogP contribution in [0.15, 0.2) is 77.5 Å². The molecule has 8 heteroatoms. The topological polar surface area (TPSA) is 84.2 Å². The van der Waals surface area contributed by atoms with E-state index in [1.165, 1.54) is 18.4 Å². The number of rotatable bonds is 7. The summed E-state index contributed by atoms with van der Waals surface area (Å²) in [7, 11) is 0. The van der Waals surface area contributed by atoms with E-state index in [1.807, 2.05) is 30.6 Å². The fraction of sp³-hybridized carbons (Fsp3) is 0.200. The molecule has 1 aliphatic heterocycles. The SMILES string of the molecule is Cc1c(Nc2nccc3c(CN4CCCC4)ccnc23)cccc1-c1cccc(-c2nc3cc(C=O)cc(Cl)c3o2)c1C. The number of aromatic nitrogens is 3. The van der Waals surface area contributed by atoms with Gasteiger partial charge in [-0.25, -0.2) is 9.97 Å². The summed E-state index contributed by atoms with van der Waals surface area (Å²) in [5.74, 6) is 1.20. The van der Waals surface area contributed by atoms with E-state index < -0.39 is 0 Å². The molecule has 7 nitrogen and oxygen atoms in total. The van der Waals surface area contributed by atoms with Gasteiger partial charge in [0.15, 0.2) is 11.4 Å². The lowest BCUT2D eigenvalue weighted by molar-refractivity contribution is 0.112. The molecule has 0 atom stereocenters. The summed E-state index contributed by atoms with van der Waals surface area (Å²) in [5, 5.41) is 5.08. The number of nitrogens with zero attached hydrogens (tertiary/aromatic N) is 4. The number of fused-ring (bicyclic) bond motifs is 2. The van der Waals surface area contributed by atoms with Gasteiger partial charge in [-0.1, -0.05) is 35.9 Å². The summed E-state index contributed by atoms with van der Waals surface area (Å²) in [6, 6.07) is 19.8. The van der Waals surface area contributed by atoms with Crippen molar-refractivity contribution < 1.29 is 9.21 Å². The number of oxazole rings is 1. The number of anilines is 2. The fourth-order valence-corrected chi connectivity index (χ4v) is 6.35. The van der Waals surface area contributed by atoms with E-state index in [2.05, 4.69) is 64.4 Å². The van der Waals surface area contributed by atoms with Crippen molar-refractivity contribution in [1.29, 1.82) is 0 Å². The molecule has 0 saturated carbocycles. The van der Waals surface area contributed by atoms with Gasteiger partial charge in [-0.05, 0) is 104 Å². The maximum atomic E-state index is 11.3. The van der Waals surface area contributed by atoms with Crippen molar-refractivity contribution in [2.45, 2.75) is 33.2 Å². The van der Waals surface area contributed by atoms with Gasteiger partial charge in [0.2, 0.25) is 5.89 Å². The third kappa shape index (κ3) is 5.05. The molecule has 3 aromatic carbocycles. The highest BCUT2D eigenvalue weighted by Crippen LogP contribution is 2.38. The quantitative estimate of drug-likeness (QED) is 0.187. The van der Waals surface area contributed by atoms with E-state index in [9.17, 15) is 4.79 Å². The number of nitrogens with one attached hydrogen (secondary N) is 1. The number of benzene rings is 3. The first-order valence-corrected chi connectivity index (χ1v) is 14.8. The molecule has 1 saturated heterocycles. The van der Waals surface area contributed by atoms with Gasteiger partial charge in [0, 0.05) is 41.1 Å². The third-order valence-corrected chi connectivity index (χ3v) is 8.67. The zero-order valence-corrected chi connectivity index (χ0v) is 24.8. The number of aldehydes is 1. The number of carbonyl (C=O) groups excluding carboxylic acids is 1. The lowest BCUT2D eigenvalue weighted by atomic mass is 9.93. The summed E-state index contributed by atoms with van der Waals surface area (Å²) >= 11 is 6.38. The maximum Gasteiger partial charge on any atom is 0.227 e. The molecule has 1 N–H and O–H groups in total. The third-order valence-electron chi connectivity index (χ3n) is 8.39. The number of hydrogen-bond acceptors (Lipinski definition) is 7. The molecule has 214 valence electrons. The zero-order chi connectivity index (χ0) is 29.5. The average molecular weight is 588 g/mol. The molecule has 0 spiro atoms. The van der Waals surface area contributed by atoms with E-state index in [4.69, 9.17) is 21.0 Å². The van der Waals surface area contributed by atoms with Crippen molar-refractivity contribution in [3.63, 3.8) is 0 Å². The van der Waals surface area contributed by atoms with Crippen LogP contribution in [0.2, 0.25) is 5.02 Å². The van der Waals surface area contributed by atoms with Gasteiger partial charge in [-0.15, -0.1) is 0 Å². The lowest BCUT2D eigenvalue weighted by Crippen LogP contribution is -2.18. The van der Waals surface area contributed by atoms with E-state index in [0.717, 1.165) is 76.1 Å². The van der Waals surface area contributed by atoms with Crippen LogP contribution >= 0.6 is 11.6 Å². The molecule has 1 aliphatic rings. The Morgan fingerprint density at radius 2 is 1.67 bits per heavy atom. The van der Waals surface area contributed by atoms with Gasteiger partial charge in [0.05, 0.1) is 5.02 Å². The van der Waals surface area contributed by atoms with Crippen LogP contribution in [0.4, 0.5) is 11.5 Å². The molecular weight excluding hydrogens is 558 g/mol. The summed E-state index contributed by atoms with van der Waals surface area (Å²) in [4.78, 5) is 27.9. The Balaban J connectivity index is 1.24. The van der Waals surface area contributed by atoms with E-state index in [0.29, 0.717) is 27.6 Å². The summed E-state index contributed by atoms with van der Waals surface area (Å²) < 4.78 is 6.09. The van der Waals surface area contributed by atoms with Crippen LogP contribution in [-0.4, -0.2) is 39.2 Å². The first kappa shape index (κ1) is 27.3. The van der Waals surface area contributed by atoms with Crippen molar-refractivity contribution in [3.05, 3.63) is 100 Å². The van der Waals surface area contributed by atoms with Crippen molar-refractivity contribution >= 4 is 51.4 Å². The number of likely N-dealkylation sites (tertiary alicyclic amines) is 1. The Labute approximate surface area is 254 Å². The predicted octanol–water partition coefficient (Wildman–Crippen LogP) is 8.53. The van der Waals surface area contributed by atoms with Crippen molar-refractivity contribution in [3.8, 4) is 22.6 Å². The Morgan fingerprint density at radius 3 is 2.49 bits per heavy atom. The number of halogens is 1. The van der Waals surface area contributed by atoms with E-state index in [1.54, 1.807) is 12.1 Å². The lowest BCUT2D eigenvalue weighted by Gasteiger charge is -2.18. The monoisotopic (exact) mass is 587 g/mol. The maximum absolute atomic E-state index is 11.3. The summed E-state index contributed by atoms with van der Waals surface area (Å²) in [5.41, 5.74) is 9.72. The Hall–Kier alpha value is -4.59. The van der Waals surface area contributed by atoms with Crippen LogP contribution in [-0.2, 0) is 6.54 Å². The molecule has 43 heavy (non-hydrogen) atoms. The van der Waals surface area contributed by atoms with Gasteiger partial charge in [-0.2, -0.15) is 0 Å². The van der Waals surface area contributed by atoms with E-state index >= 15 is 0 Å². The number of carbonyl (C=O) groups is 1. The molecule has 3 aromatic heterocycles. The minimum Gasteiger partial charge on any atom is -0.434 e. The normalized spacial score (nSPS) is 13.7. The second-order valence-corrected chi connectivity index (χ2v) is 11.5. The van der Waals surface area contributed by atoms with Crippen LogP contribution in [0.5, 0.6) is 0 Å². The molecule has 0 amide bonds. The smallest absolute Gasteiger partial charge is 0.227 e. The fourth-order valence-electron chi connectivity index (χ4n) is 6.09. The first-order valence-electron chi connectivity index (χ1n) is 14.5. The largest absolute Gasteiger partial charge is 0.434 e. The standard InChI is InChI=1S/C35H30ClN5O2/c1-21-25(7-5-9-27(21)35-40-31-18-23(20-42)17-29(36)33(31)43-35)26-8-6-10-30(22(26)2)39-34-32-28(12-14-38-34)24(11-13-37-32)19-41-15-3-4-16-41/h5-14,17-18,20H,3-4,15-16,19H2,1-2H3,(H,38,39). The molecule has 0 unspecified atom stereocenters. The van der Waals surface area contributed by atoms with Crippen LogP contribution in [0.25, 0.3) is 44.6 Å². The highest BCUT2D eigenvalue weighted by molar-refractivity contribution is 6.35. The molecule has 1 fully saturated rings. The molecule has 7 rings (SSSR count). The summed E-state index contributed by atoms with van der Waals surface area (Å²) in [6.45, 7) is 7.40. The van der Waals surface area contributed by atoms with Crippen molar-refractivity contribution in [1.82, 2.24) is 19.9 Å². The van der Waals surface area contributed by atoms with Gasteiger partial charge in [-0.3, -0.25) is 14.7 Å². The number of pyridine rings is 2. The average Bonchev–Trinajstić information content (AvgIpc) is 3.69. The van der Waals surface area contributed by atoms with Crippen LogP contribution in [0.3, 0.4) is 0 Å². The minimum absolute atomic E-state index is 0.362. The molecule has 6 aromatic rings. The highest BCUT2D eigenvalue weighted by Gasteiger charge is 2.19. The Kier molecular flexibility index (Phi) is 7.13. The van der Waals surface area contributed by atoms with Gasteiger partial charge in [0.1, 0.15) is 17.3 Å². The van der Waals surface area contributed by atoms with Crippen LogP contribution in [0.1, 0.15) is 39.9 Å². The second kappa shape index (κ2) is 11.2. The minimum atomic E-state index is 0.362. The first-order chi connectivity index (χ1) is 21.0. The van der Waals surface area contributed by atoms with Gasteiger partial charge in [0.25, 0.3) is 0 Å². The van der Waals surface area contributed by atoms with Crippen LogP contribution < -0.4 is 5.32 Å². The van der Waals surface area contributed by atoms with Gasteiger partial charge >= 0.3 is 0 Å². The molecule has 0 aliphatic carbocycles. The van der Waals surface area contributed by atoms with Crippen LogP contribution in [0, 0.1) is 13.8 Å². The Bertz CT molecular complexity index is 2010. The Morgan fingerprint density at radius 1 is 0.930 bits per heavy atom. The molecular formula is C35H30ClN5O2. The second-order valence-electron chi connectivity index (χ2n) is 11.1. The predicted molar refractivity (Wildman–Crippen MR) is 172 cm³/mol. The molecule has 0 radical (unpaired) electrons. The molecule has 0 bridgehead atoms. The highest BCUT2D eigenvalue weighted by atomic mass is 35.5. The summed E-state index contributed by atoms with van der Waals surface area (Å²) in [6.07, 6.45) is 7.03. The zero-order valence-electron chi connectivity index (χ0n) is 24.0. The number of hydrogen-bond donors (Lipinski definition) is 1.